The smallest absolute Gasteiger partial charge is 0.315 e. The molecule has 0 atom stereocenters. The van der Waals surface area contributed by atoms with Crippen molar-refractivity contribution in [2.45, 2.75) is 26.4 Å². The number of anilines is 1. The molecule has 0 spiro atoms. The van der Waals surface area contributed by atoms with E-state index in [1.165, 1.54) is 10.4 Å². The van der Waals surface area contributed by atoms with E-state index in [0.717, 1.165) is 13.0 Å². The maximum atomic E-state index is 5.40. The lowest BCUT2D eigenvalue weighted by Crippen LogP contribution is -2.04. The summed E-state index contributed by atoms with van der Waals surface area (Å²) in [5, 5.41) is 16.1. The van der Waals surface area contributed by atoms with E-state index in [0.29, 0.717) is 18.5 Å². The van der Waals surface area contributed by atoms with E-state index in [9.17, 15) is 0 Å². The molecule has 5 nitrogen and oxygen atoms in total. The van der Waals surface area contributed by atoms with Gasteiger partial charge in [-0.1, -0.05) is 12.0 Å². The number of thiophene rings is 1. The Labute approximate surface area is 104 Å². The SMILES string of the molecule is CCc1ccsc1CNc1nnc(CNC)o1. The van der Waals surface area contributed by atoms with Gasteiger partial charge in [0, 0.05) is 4.88 Å². The molecule has 2 aromatic heterocycles. The monoisotopic (exact) mass is 252 g/mol. The van der Waals surface area contributed by atoms with Crippen LogP contribution in [0, 0.1) is 0 Å². The van der Waals surface area contributed by atoms with Crippen molar-refractivity contribution < 1.29 is 4.42 Å². The first-order chi connectivity index (χ1) is 8.33. The summed E-state index contributed by atoms with van der Waals surface area (Å²) in [6, 6.07) is 2.63. The molecule has 0 saturated heterocycles. The van der Waals surface area contributed by atoms with Gasteiger partial charge in [0.05, 0.1) is 13.1 Å². The van der Waals surface area contributed by atoms with Crippen LogP contribution in [0.1, 0.15) is 23.3 Å². The molecular formula is C11H16N4OS. The predicted molar refractivity (Wildman–Crippen MR) is 68.1 cm³/mol. The van der Waals surface area contributed by atoms with Crippen LogP contribution in [0.3, 0.4) is 0 Å². The van der Waals surface area contributed by atoms with Crippen LogP contribution in [-0.2, 0) is 19.5 Å². The first-order valence-electron chi connectivity index (χ1n) is 5.59. The van der Waals surface area contributed by atoms with E-state index in [2.05, 4.69) is 39.2 Å². The van der Waals surface area contributed by atoms with Crippen molar-refractivity contribution >= 4 is 17.4 Å². The van der Waals surface area contributed by atoms with Gasteiger partial charge in [-0.05, 0) is 30.5 Å². The molecule has 2 rings (SSSR count). The Morgan fingerprint density at radius 1 is 1.35 bits per heavy atom. The van der Waals surface area contributed by atoms with Crippen LogP contribution in [-0.4, -0.2) is 17.2 Å². The van der Waals surface area contributed by atoms with Crippen molar-refractivity contribution in [1.29, 1.82) is 0 Å². The molecule has 0 unspecified atom stereocenters. The summed E-state index contributed by atoms with van der Waals surface area (Å²) < 4.78 is 5.40. The summed E-state index contributed by atoms with van der Waals surface area (Å²) >= 11 is 1.75. The largest absolute Gasteiger partial charge is 0.407 e. The number of nitrogens with zero attached hydrogens (tertiary/aromatic N) is 2. The van der Waals surface area contributed by atoms with Crippen molar-refractivity contribution in [2.75, 3.05) is 12.4 Å². The Morgan fingerprint density at radius 3 is 3.00 bits per heavy atom. The van der Waals surface area contributed by atoms with Crippen molar-refractivity contribution in [3.8, 4) is 0 Å². The molecule has 0 saturated carbocycles. The van der Waals surface area contributed by atoms with Crippen LogP contribution in [0.5, 0.6) is 0 Å². The van der Waals surface area contributed by atoms with E-state index in [4.69, 9.17) is 4.42 Å². The molecule has 17 heavy (non-hydrogen) atoms. The topological polar surface area (TPSA) is 63.0 Å². The van der Waals surface area contributed by atoms with E-state index < -0.39 is 0 Å². The average molecular weight is 252 g/mol. The quantitative estimate of drug-likeness (QED) is 0.823. The Hall–Kier alpha value is -1.40. The van der Waals surface area contributed by atoms with E-state index in [-0.39, 0.29) is 0 Å². The molecule has 92 valence electrons. The van der Waals surface area contributed by atoms with E-state index >= 15 is 0 Å². The van der Waals surface area contributed by atoms with Crippen molar-refractivity contribution in [1.82, 2.24) is 15.5 Å². The number of rotatable bonds is 6. The molecule has 0 aliphatic carbocycles. The second-order valence-corrected chi connectivity index (χ2v) is 4.61. The summed E-state index contributed by atoms with van der Waals surface area (Å²) in [6.45, 7) is 3.49. The summed E-state index contributed by atoms with van der Waals surface area (Å²) in [4.78, 5) is 1.32. The molecule has 0 amide bonds. The summed E-state index contributed by atoms with van der Waals surface area (Å²) in [5.74, 6) is 0.594. The lowest BCUT2D eigenvalue weighted by molar-refractivity contribution is 0.489. The molecule has 0 aliphatic rings. The van der Waals surface area contributed by atoms with Crippen molar-refractivity contribution in [2.24, 2.45) is 0 Å². The highest BCUT2D eigenvalue weighted by Gasteiger charge is 2.06. The van der Waals surface area contributed by atoms with Crippen LogP contribution in [0.2, 0.25) is 0 Å². The fourth-order valence-electron chi connectivity index (χ4n) is 1.54. The third-order valence-corrected chi connectivity index (χ3v) is 3.38. The predicted octanol–water partition coefficient (Wildman–Crippen LogP) is 2.02. The standard InChI is InChI=1S/C11H16N4OS/c1-3-8-4-5-17-9(8)6-13-11-15-14-10(16-11)7-12-2/h4-5,12H,3,6-7H2,1-2H3,(H,13,15). The Balaban J connectivity index is 1.93. The van der Waals surface area contributed by atoms with Gasteiger partial charge in [0.15, 0.2) is 0 Å². The van der Waals surface area contributed by atoms with Gasteiger partial charge in [0.1, 0.15) is 0 Å². The van der Waals surface area contributed by atoms with Crippen molar-refractivity contribution in [3.63, 3.8) is 0 Å². The third kappa shape index (κ3) is 3.04. The lowest BCUT2D eigenvalue weighted by Gasteiger charge is -2.01. The fraction of sp³-hybridized carbons (Fsp3) is 0.455. The Bertz CT molecular complexity index is 465. The van der Waals surface area contributed by atoms with Crippen LogP contribution in [0.4, 0.5) is 6.01 Å². The highest BCUT2D eigenvalue weighted by molar-refractivity contribution is 7.10. The van der Waals surface area contributed by atoms with Crippen molar-refractivity contribution in [3.05, 3.63) is 27.8 Å². The second-order valence-electron chi connectivity index (χ2n) is 3.61. The van der Waals surface area contributed by atoms with Gasteiger partial charge in [0.2, 0.25) is 5.89 Å². The minimum absolute atomic E-state index is 0.478. The molecule has 2 N–H and O–H groups in total. The van der Waals surface area contributed by atoms with Gasteiger partial charge in [-0.2, -0.15) is 0 Å². The molecule has 0 aromatic carbocycles. The zero-order chi connectivity index (χ0) is 12.1. The fourth-order valence-corrected chi connectivity index (χ4v) is 2.46. The Morgan fingerprint density at radius 2 is 2.24 bits per heavy atom. The first kappa shape index (κ1) is 12.1. The van der Waals surface area contributed by atoms with Crippen LogP contribution in [0.25, 0.3) is 0 Å². The highest BCUT2D eigenvalue weighted by Crippen LogP contribution is 2.18. The number of hydrogen-bond acceptors (Lipinski definition) is 6. The number of aromatic nitrogens is 2. The maximum absolute atomic E-state index is 5.40. The molecule has 6 heteroatoms. The number of nitrogens with one attached hydrogen (secondary N) is 2. The van der Waals surface area contributed by atoms with Crippen LogP contribution in [0.15, 0.2) is 15.9 Å². The van der Waals surface area contributed by atoms with Gasteiger partial charge in [0.25, 0.3) is 0 Å². The van der Waals surface area contributed by atoms with Crippen LogP contribution < -0.4 is 10.6 Å². The number of aryl methyl sites for hydroxylation is 1. The van der Waals surface area contributed by atoms with Gasteiger partial charge in [-0.25, -0.2) is 0 Å². The maximum Gasteiger partial charge on any atom is 0.315 e. The highest BCUT2D eigenvalue weighted by atomic mass is 32.1. The molecular weight excluding hydrogens is 236 g/mol. The zero-order valence-electron chi connectivity index (χ0n) is 9.99. The van der Waals surface area contributed by atoms with Gasteiger partial charge in [-0.3, -0.25) is 0 Å². The minimum Gasteiger partial charge on any atom is -0.407 e. The average Bonchev–Trinajstić information content (AvgIpc) is 2.95. The first-order valence-corrected chi connectivity index (χ1v) is 6.47. The van der Waals surface area contributed by atoms with Gasteiger partial charge < -0.3 is 15.1 Å². The van der Waals surface area contributed by atoms with Gasteiger partial charge >= 0.3 is 6.01 Å². The second kappa shape index (κ2) is 5.79. The minimum atomic E-state index is 0.478. The lowest BCUT2D eigenvalue weighted by atomic mass is 10.2. The molecule has 0 fully saturated rings. The molecule has 2 heterocycles. The normalized spacial score (nSPS) is 10.7. The van der Waals surface area contributed by atoms with Gasteiger partial charge in [-0.15, -0.1) is 16.4 Å². The molecule has 0 aliphatic heterocycles. The summed E-state index contributed by atoms with van der Waals surface area (Å²) in [5.41, 5.74) is 1.37. The summed E-state index contributed by atoms with van der Waals surface area (Å²) in [6.07, 6.45) is 1.05. The number of hydrogen-bond donors (Lipinski definition) is 2. The van der Waals surface area contributed by atoms with E-state index in [1.807, 2.05) is 7.05 Å². The third-order valence-electron chi connectivity index (χ3n) is 2.41. The molecule has 0 bridgehead atoms. The zero-order valence-corrected chi connectivity index (χ0v) is 10.8. The molecule has 2 aromatic rings. The Kier molecular flexibility index (Phi) is 4.11. The van der Waals surface area contributed by atoms with Crippen LogP contribution >= 0.6 is 11.3 Å². The summed E-state index contributed by atoms with van der Waals surface area (Å²) in [7, 11) is 1.84. The molecule has 0 radical (unpaired) electrons. The van der Waals surface area contributed by atoms with E-state index in [1.54, 1.807) is 11.3 Å².